The molecule has 2 saturated carbocycles. The SMILES string of the molecule is C[C@]12CC=CCC1CCC1C2CC[C@]2(C)c3nc4c(P(c5ccccc5)c5ccccc5)cccc4cc3CC12. The molecule has 0 saturated heterocycles. The molecule has 0 spiro atoms. The van der Waals surface area contributed by atoms with E-state index < -0.39 is 7.92 Å². The third-order valence-corrected chi connectivity index (χ3v) is 14.2. The number of pyridine rings is 1. The molecule has 40 heavy (non-hydrogen) atoms. The maximum atomic E-state index is 5.73. The maximum Gasteiger partial charge on any atom is 0.0789 e. The molecular weight excluding hydrogens is 501 g/mol. The molecule has 1 aromatic heterocycles. The summed E-state index contributed by atoms with van der Waals surface area (Å²) in [5.74, 6) is 3.35. The van der Waals surface area contributed by atoms with Crippen molar-refractivity contribution >= 4 is 34.7 Å². The molecule has 6 atom stereocenters. The quantitative estimate of drug-likeness (QED) is 0.188. The zero-order chi connectivity index (χ0) is 26.9. The fourth-order valence-corrected chi connectivity index (χ4v) is 12.1. The molecule has 0 N–H and O–H groups in total. The second-order valence-electron chi connectivity index (χ2n) is 13.6. The summed E-state index contributed by atoms with van der Waals surface area (Å²) < 4.78 is 0. The smallest absolute Gasteiger partial charge is 0.0789 e. The van der Waals surface area contributed by atoms with E-state index in [1.54, 1.807) is 0 Å². The summed E-state index contributed by atoms with van der Waals surface area (Å²) in [4.78, 5) is 5.73. The van der Waals surface area contributed by atoms with E-state index in [4.69, 9.17) is 4.98 Å². The van der Waals surface area contributed by atoms with Crippen molar-refractivity contribution in [1.29, 1.82) is 0 Å². The van der Waals surface area contributed by atoms with Crippen molar-refractivity contribution < 1.29 is 0 Å². The van der Waals surface area contributed by atoms with Gasteiger partial charge in [-0.15, -0.1) is 0 Å². The number of rotatable bonds is 3. The summed E-state index contributed by atoms with van der Waals surface area (Å²) in [5, 5.41) is 5.52. The van der Waals surface area contributed by atoms with Crippen LogP contribution in [0.3, 0.4) is 0 Å². The molecule has 4 aromatic rings. The number of allylic oxidation sites excluding steroid dienone is 2. The van der Waals surface area contributed by atoms with Gasteiger partial charge in [0, 0.05) is 16.1 Å². The molecule has 4 unspecified atom stereocenters. The summed E-state index contributed by atoms with van der Waals surface area (Å²) in [7, 11) is -0.686. The Hall–Kier alpha value is -2.76. The molecule has 2 fully saturated rings. The van der Waals surface area contributed by atoms with Crippen molar-refractivity contribution in [3.8, 4) is 0 Å². The number of para-hydroxylation sites is 1. The number of hydrogen-bond acceptors (Lipinski definition) is 1. The molecule has 0 radical (unpaired) electrons. The van der Waals surface area contributed by atoms with E-state index in [0.717, 1.165) is 23.7 Å². The first-order valence-electron chi connectivity index (χ1n) is 15.5. The van der Waals surface area contributed by atoms with Gasteiger partial charge in [-0.1, -0.05) is 105 Å². The van der Waals surface area contributed by atoms with E-state index in [-0.39, 0.29) is 5.41 Å². The zero-order valence-electron chi connectivity index (χ0n) is 23.9. The Balaban J connectivity index is 1.24. The number of fused-ring (bicyclic) bond motifs is 8. The lowest BCUT2D eigenvalue weighted by Gasteiger charge is -2.59. The highest BCUT2D eigenvalue weighted by atomic mass is 31.1. The predicted molar refractivity (Wildman–Crippen MR) is 170 cm³/mol. The predicted octanol–water partition coefficient (Wildman–Crippen LogP) is 8.22. The Morgan fingerprint density at radius 2 is 1.52 bits per heavy atom. The van der Waals surface area contributed by atoms with Gasteiger partial charge in [0.25, 0.3) is 0 Å². The van der Waals surface area contributed by atoms with Gasteiger partial charge in [-0.3, -0.25) is 4.98 Å². The lowest BCUT2D eigenvalue weighted by Crippen LogP contribution is -2.52. The van der Waals surface area contributed by atoms with Crippen LogP contribution in [0.1, 0.15) is 63.6 Å². The van der Waals surface area contributed by atoms with Crippen LogP contribution in [-0.2, 0) is 11.8 Å². The second-order valence-corrected chi connectivity index (χ2v) is 15.8. The third kappa shape index (κ3) is 3.66. The van der Waals surface area contributed by atoms with Crippen molar-refractivity contribution in [2.24, 2.45) is 29.1 Å². The monoisotopic (exact) mass is 541 g/mol. The van der Waals surface area contributed by atoms with Crippen LogP contribution in [-0.4, -0.2) is 4.98 Å². The lowest BCUT2D eigenvalue weighted by molar-refractivity contribution is -0.0728. The number of aromatic nitrogens is 1. The Morgan fingerprint density at radius 3 is 2.27 bits per heavy atom. The summed E-state index contributed by atoms with van der Waals surface area (Å²) >= 11 is 0. The molecule has 3 aromatic carbocycles. The molecule has 4 aliphatic rings. The fraction of sp³-hybridized carbons (Fsp3) is 0.395. The van der Waals surface area contributed by atoms with E-state index in [2.05, 4.69) is 111 Å². The summed E-state index contributed by atoms with van der Waals surface area (Å²) in [5.41, 5.74) is 4.91. The summed E-state index contributed by atoms with van der Waals surface area (Å²) in [6, 6.07) is 31.7. The van der Waals surface area contributed by atoms with Gasteiger partial charge in [0.15, 0.2) is 0 Å². The number of benzene rings is 3. The van der Waals surface area contributed by atoms with Crippen molar-refractivity contribution in [3.63, 3.8) is 0 Å². The highest BCUT2D eigenvalue weighted by Crippen LogP contribution is 2.64. The molecule has 0 bridgehead atoms. The van der Waals surface area contributed by atoms with Gasteiger partial charge in [0.2, 0.25) is 0 Å². The summed E-state index contributed by atoms with van der Waals surface area (Å²) in [6.45, 7) is 5.24. The first kappa shape index (κ1) is 25.0. The van der Waals surface area contributed by atoms with Crippen LogP contribution < -0.4 is 15.9 Å². The van der Waals surface area contributed by atoms with Crippen LogP contribution >= 0.6 is 7.92 Å². The van der Waals surface area contributed by atoms with Gasteiger partial charge in [0.1, 0.15) is 0 Å². The molecule has 0 amide bonds. The molecular formula is C38H40NP. The second kappa shape index (κ2) is 9.39. The Kier molecular flexibility index (Phi) is 5.86. The average molecular weight is 542 g/mol. The minimum Gasteiger partial charge on any atom is -0.251 e. The largest absolute Gasteiger partial charge is 0.251 e. The van der Waals surface area contributed by atoms with E-state index in [1.807, 2.05) is 0 Å². The highest BCUT2D eigenvalue weighted by molar-refractivity contribution is 7.80. The van der Waals surface area contributed by atoms with Gasteiger partial charge in [-0.25, -0.2) is 0 Å². The first-order chi connectivity index (χ1) is 19.6. The normalized spacial score (nSPS) is 32.4. The van der Waals surface area contributed by atoms with Gasteiger partial charge in [-0.05, 0) is 104 Å². The summed E-state index contributed by atoms with van der Waals surface area (Å²) in [6.07, 6.45) is 14.3. The third-order valence-electron chi connectivity index (χ3n) is 11.8. The maximum absolute atomic E-state index is 5.73. The van der Waals surface area contributed by atoms with Crippen LogP contribution in [0.5, 0.6) is 0 Å². The Morgan fingerprint density at radius 1 is 0.775 bits per heavy atom. The number of nitrogens with zero attached hydrogens (tertiary/aromatic N) is 1. The zero-order valence-corrected chi connectivity index (χ0v) is 24.8. The molecule has 202 valence electrons. The van der Waals surface area contributed by atoms with Gasteiger partial charge < -0.3 is 0 Å². The molecule has 8 rings (SSSR count). The van der Waals surface area contributed by atoms with Gasteiger partial charge in [0.05, 0.1) is 11.2 Å². The average Bonchev–Trinajstić information content (AvgIpc) is 3.29. The van der Waals surface area contributed by atoms with E-state index in [9.17, 15) is 0 Å². The van der Waals surface area contributed by atoms with E-state index in [1.165, 1.54) is 83.0 Å². The van der Waals surface area contributed by atoms with E-state index in [0.29, 0.717) is 5.41 Å². The van der Waals surface area contributed by atoms with Crippen molar-refractivity contribution in [3.05, 3.63) is 108 Å². The number of hydrogen-bond donors (Lipinski definition) is 0. The lowest BCUT2D eigenvalue weighted by atomic mass is 9.46. The van der Waals surface area contributed by atoms with Crippen LogP contribution in [0.25, 0.3) is 10.9 Å². The standard InChI is InChI=1S/C38H40NP/c1-37-22-10-9-13-28(37)19-20-31-32(37)21-23-38(2)33(31)25-27-24-26-12-11-18-34(35(26)39-36(27)38)40(29-14-5-3-6-15-29)30-16-7-4-8-17-30/h3-12,14-18,24,28,31-33H,13,19-23,25H2,1-2H3/t28?,31?,32?,33?,37-,38-/m0/s1. The Labute approximate surface area is 240 Å². The van der Waals surface area contributed by atoms with Crippen molar-refractivity contribution in [2.45, 2.75) is 64.2 Å². The molecule has 2 heteroatoms. The topological polar surface area (TPSA) is 12.9 Å². The fourth-order valence-electron chi connectivity index (χ4n) is 9.70. The van der Waals surface area contributed by atoms with Crippen LogP contribution in [0, 0.1) is 29.1 Å². The van der Waals surface area contributed by atoms with Crippen LogP contribution in [0.2, 0.25) is 0 Å². The highest BCUT2D eigenvalue weighted by Gasteiger charge is 2.58. The van der Waals surface area contributed by atoms with Gasteiger partial charge in [-0.2, -0.15) is 0 Å². The van der Waals surface area contributed by atoms with Crippen molar-refractivity contribution in [1.82, 2.24) is 4.98 Å². The van der Waals surface area contributed by atoms with Crippen molar-refractivity contribution in [2.75, 3.05) is 0 Å². The van der Waals surface area contributed by atoms with Crippen LogP contribution in [0.4, 0.5) is 0 Å². The Bertz CT molecular complexity index is 1550. The molecule has 4 aliphatic carbocycles. The molecule has 0 aliphatic heterocycles. The minimum absolute atomic E-state index is 0.202. The molecule has 1 nitrogen and oxygen atoms in total. The van der Waals surface area contributed by atoms with Crippen LogP contribution in [0.15, 0.2) is 97.1 Å². The minimum atomic E-state index is -0.686. The van der Waals surface area contributed by atoms with Gasteiger partial charge >= 0.3 is 0 Å². The first-order valence-corrected chi connectivity index (χ1v) is 16.9. The molecule has 1 heterocycles. The van der Waals surface area contributed by atoms with E-state index >= 15 is 0 Å².